The maximum atomic E-state index is 15.2. The van der Waals surface area contributed by atoms with Gasteiger partial charge in [0.2, 0.25) is 0 Å². The van der Waals surface area contributed by atoms with E-state index in [0.717, 1.165) is 24.3 Å². The lowest BCUT2D eigenvalue weighted by atomic mass is 9.77. The molecule has 0 heterocycles. The summed E-state index contributed by atoms with van der Waals surface area (Å²) in [7, 11) is 0. The minimum atomic E-state index is -3.70. The summed E-state index contributed by atoms with van der Waals surface area (Å²) in [6.45, 7) is 2.22. The van der Waals surface area contributed by atoms with Crippen LogP contribution < -0.4 is 4.74 Å². The first kappa shape index (κ1) is 34.1. The summed E-state index contributed by atoms with van der Waals surface area (Å²) >= 11 is 0. The summed E-state index contributed by atoms with van der Waals surface area (Å²) < 4.78 is 104. The van der Waals surface area contributed by atoms with Crippen molar-refractivity contribution in [1.82, 2.24) is 0 Å². The second-order valence-corrected chi connectivity index (χ2v) is 13.0. The molecule has 46 heavy (non-hydrogen) atoms. The predicted octanol–water partition coefficient (Wildman–Crippen LogP) is 12.4. The lowest BCUT2D eigenvalue weighted by Crippen LogP contribution is -2.37. The van der Waals surface area contributed by atoms with Crippen molar-refractivity contribution in [2.24, 2.45) is 17.8 Å². The van der Waals surface area contributed by atoms with Gasteiger partial charge in [-0.05, 0) is 92.4 Å². The molecule has 0 saturated heterocycles. The zero-order valence-electron chi connectivity index (χ0n) is 26.1. The van der Waals surface area contributed by atoms with Gasteiger partial charge in [0.05, 0.1) is 5.92 Å². The molecule has 0 N–H and O–H groups in total. The first-order valence-corrected chi connectivity index (χ1v) is 16.5. The molecule has 1 nitrogen and oxygen atoms in total. The summed E-state index contributed by atoms with van der Waals surface area (Å²) in [4.78, 5) is 0. The second-order valence-electron chi connectivity index (χ2n) is 13.0. The van der Waals surface area contributed by atoms with Gasteiger partial charge in [-0.2, -0.15) is 8.78 Å². The molecule has 0 aliphatic heterocycles. The van der Waals surface area contributed by atoms with Crippen molar-refractivity contribution in [3.05, 3.63) is 94.8 Å². The SMILES string of the molecule is CCCCCC1CCC(c2ccc(-c3ccc(C=CC4CCC(C(F)(F)Oc5cc(F)c(F)c(F)c5)CC4)c(F)c3)c(F)c2)CC1. The van der Waals surface area contributed by atoms with Crippen LogP contribution in [0, 0.1) is 46.8 Å². The minimum absolute atomic E-state index is 0.0747. The molecule has 0 spiro atoms. The molecule has 0 amide bonds. The highest BCUT2D eigenvalue weighted by atomic mass is 19.3. The van der Waals surface area contributed by atoms with E-state index < -0.39 is 41.0 Å². The number of halogens is 7. The smallest absolute Gasteiger partial charge is 0.400 e. The lowest BCUT2D eigenvalue weighted by molar-refractivity contribution is -0.223. The fourth-order valence-electron chi connectivity index (χ4n) is 7.04. The third-order valence-corrected chi connectivity index (χ3v) is 9.85. The Labute approximate surface area is 266 Å². The number of alkyl halides is 2. The Kier molecular flexibility index (Phi) is 11.2. The average Bonchev–Trinajstić information content (AvgIpc) is 3.03. The van der Waals surface area contributed by atoms with Gasteiger partial charge in [-0.15, -0.1) is 0 Å². The summed E-state index contributed by atoms with van der Waals surface area (Å²) in [5.74, 6) is -6.77. The molecule has 3 aromatic rings. The molecule has 5 rings (SSSR count). The molecule has 2 aliphatic carbocycles. The highest BCUT2D eigenvalue weighted by Crippen LogP contribution is 2.42. The van der Waals surface area contributed by atoms with Gasteiger partial charge >= 0.3 is 6.11 Å². The Morgan fingerprint density at radius 1 is 0.739 bits per heavy atom. The Morgan fingerprint density at radius 2 is 1.43 bits per heavy atom. The molecule has 2 fully saturated rings. The molecule has 8 heteroatoms. The van der Waals surface area contributed by atoms with Crippen molar-refractivity contribution in [3.8, 4) is 16.9 Å². The van der Waals surface area contributed by atoms with Crippen molar-refractivity contribution >= 4 is 6.08 Å². The van der Waals surface area contributed by atoms with Crippen LogP contribution in [0.3, 0.4) is 0 Å². The zero-order chi connectivity index (χ0) is 32.8. The molecule has 2 saturated carbocycles. The van der Waals surface area contributed by atoms with Gasteiger partial charge in [0, 0.05) is 23.3 Å². The Bertz CT molecular complexity index is 1480. The van der Waals surface area contributed by atoms with Crippen LogP contribution in [-0.2, 0) is 0 Å². The largest absolute Gasteiger partial charge is 0.432 e. The first-order valence-electron chi connectivity index (χ1n) is 16.5. The van der Waals surface area contributed by atoms with Crippen LogP contribution in [0.2, 0.25) is 0 Å². The van der Waals surface area contributed by atoms with Gasteiger partial charge in [0.25, 0.3) is 0 Å². The summed E-state index contributed by atoms with van der Waals surface area (Å²) in [6.07, 6.45) is 10.2. The number of ether oxygens (including phenoxy) is 1. The summed E-state index contributed by atoms with van der Waals surface area (Å²) in [6, 6.07) is 10.7. The first-order chi connectivity index (χ1) is 22.0. The molecule has 0 bridgehead atoms. The standard InChI is InChI=1S/C38H41F7O/c1-2-3-4-5-24-6-11-26(12-7-24)28-16-19-32(34(40)20-28)29-15-14-27(33(39)21-29)13-8-25-9-17-30(18-10-25)38(44,45)46-31-22-35(41)37(43)36(42)23-31/h8,13-16,19-26,30H,2-7,9-12,17-18H2,1H3. The number of allylic oxidation sites excluding steroid dienone is 1. The van der Waals surface area contributed by atoms with Crippen LogP contribution in [0.15, 0.2) is 54.6 Å². The van der Waals surface area contributed by atoms with Gasteiger partial charge in [-0.3, -0.25) is 0 Å². The molecular formula is C38H41F7O. The molecule has 3 aromatic carbocycles. The second kappa shape index (κ2) is 15.1. The third kappa shape index (κ3) is 8.34. The topological polar surface area (TPSA) is 9.23 Å². The van der Waals surface area contributed by atoms with Crippen molar-refractivity contribution < 1.29 is 35.5 Å². The van der Waals surface area contributed by atoms with Gasteiger partial charge in [-0.1, -0.05) is 69.0 Å². The van der Waals surface area contributed by atoms with Crippen molar-refractivity contribution in [1.29, 1.82) is 0 Å². The number of hydrogen-bond donors (Lipinski definition) is 0. The Morgan fingerprint density at radius 3 is 2.07 bits per heavy atom. The summed E-state index contributed by atoms with van der Waals surface area (Å²) in [5.41, 5.74) is 2.11. The van der Waals surface area contributed by atoms with Crippen molar-refractivity contribution in [2.45, 2.75) is 96.0 Å². The molecule has 0 atom stereocenters. The number of hydrogen-bond acceptors (Lipinski definition) is 1. The van der Waals surface area contributed by atoms with Crippen LogP contribution in [0.1, 0.15) is 101 Å². The van der Waals surface area contributed by atoms with E-state index in [2.05, 4.69) is 11.7 Å². The predicted molar refractivity (Wildman–Crippen MR) is 167 cm³/mol. The quantitative estimate of drug-likeness (QED) is 0.114. The number of rotatable bonds is 11. The van der Waals surface area contributed by atoms with Crippen LogP contribution in [0.4, 0.5) is 30.7 Å². The van der Waals surface area contributed by atoms with E-state index in [1.807, 2.05) is 6.07 Å². The van der Waals surface area contributed by atoms with E-state index in [-0.39, 0.29) is 24.6 Å². The lowest BCUT2D eigenvalue weighted by Gasteiger charge is -2.32. The fraction of sp³-hybridized carbons (Fsp3) is 0.474. The zero-order valence-corrected chi connectivity index (χ0v) is 26.1. The van der Waals surface area contributed by atoms with Gasteiger partial charge in [0.15, 0.2) is 17.5 Å². The minimum Gasteiger partial charge on any atom is -0.432 e. The fourth-order valence-corrected chi connectivity index (χ4v) is 7.04. The van der Waals surface area contributed by atoms with Crippen molar-refractivity contribution in [3.63, 3.8) is 0 Å². The van der Waals surface area contributed by atoms with E-state index in [4.69, 9.17) is 0 Å². The monoisotopic (exact) mass is 646 g/mol. The molecule has 0 radical (unpaired) electrons. The summed E-state index contributed by atoms with van der Waals surface area (Å²) in [5, 5.41) is 0. The average molecular weight is 647 g/mol. The highest BCUT2D eigenvalue weighted by Gasteiger charge is 2.44. The normalized spacial score (nSPS) is 22.3. The van der Waals surface area contributed by atoms with E-state index in [1.165, 1.54) is 44.6 Å². The Balaban J connectivity index is 1.14. The maximum Gasteiger partial charge on any atom is 0.400 e. The van der Waals surface area contributed by atoms with Crippen LogP contribution in [0.5, 0.6) is 5.75 Å². The Hall–Kier alpha value is -3.29. The van der Waals surface area contributed by atoms with Gasteiger partial charge < -0.3 is 4.74 Å². The molecule has 0 unspecified atom stereocenters. The number of benzene rings is 3. The maximum absolute atomic E-state index is 15.2. The third-order valence-electron chi connectivity index (χ3n) is 9.85. The highest BCUT2D eigenvalue weighted by molar-refractivity contribution is 5.67. The number of unbranched alkanes of at least 4 members (excludes halogenated alkanes) is 2. The van der Waals surface area contributed by atoms with Crippen molar-refractivity contribution in [2.75, 3.05) is 0 Å². The van der Waals surface area contributed by atoms with E-state index in [9.17, 15) is 22.0 Å². The van der Waals surface area contributed by atoms with Crippen LogP contribution >= 0.6 is 0 Å². The molecular weight excluding hydrogens is 605 g/mol. The molecule has 248 valence electrons. The van der Waals surface area contributed by atoms with Crippen LogP contribution in [0.25, 0.3) is 17.2 Å². The van der Waals surface area contributed by atoms with E-state index >= 15 is 8.78 Å². The van der Waals surface area contributed by atoms with Gasteiger partial charge in [0.1, 0.15) is 17.4 Å². The molecule has 2 aliphatic rings. The molecule has 0 aromatic heterocycles. The van der Waals surface area contributed by atoms with E-state index in [0.29, 0.717) is 47.6 Å². The van der Waals surface area contributed by atoms with Gasteiger partial charge in [-0.25, -0.2) is 22.0 Å². The van der Waals surface area contributed by atoms with E-state index in [1.54, 1.807) is 36.4 Å². The van der Waals surface area contributed by atoms with Crippen LogP contribution in [-0.4, -0.2) is 6.11 Å².